The van der Waals surface area contributed by atoms with Crippen molar-refractivity contribution in [2.45, 2.75) is 5.92 Å². The first-order valence-electron chi connectivity index (χ1n) is 7.88. The van der Waals surface area contributed by atoms with E-state index in [-0.39, 0.29) is 11.7 Å². The minimum atomic E-state index is -0.280. The van der Waals surface area contributed by atoms with Crippen LogP contribution in [0, 0.1) is 5.82 Å². The van der Waals surface area contributed by atoms with Crippen LogP contribution < -0.4 is 10.5 Å². The lowest BCUT2D eigenvalue weighted by Crippen LogP contribution is -2.14. The third-order valence-electron chi connectivity index (χ3n) is 4.48. The van der Waals surface area contributed by atoms with Crippen molar-refractivity contribution in [2.24, 2.45) is 0 Å². The van der Waals surface area contributed by atoms with Gasteiger partial charge in [-0.1, -0.05) is 18.2 Å². The number of nitrogen functional groups attached to an aromatic ring is 1. The maximum atomic E-state index is 13.5. The molecule has 4 aromatic rings. The molecular weight excluding hydrogens is 417 g/mol. The lowest BCUT2D eigenvalue weighted by Gasteiger charge is -2.26. The molecule has 0 fully saturated rings. The minimum absolute atomic E-state index is 0.208. The van der Waals surface area contributed by atoms with Crippen LogP contribution in [0.15, 0.2) is 53.3 Å². The highest BCUT2D eigenvalue weighted by atomic mass is 79.9. The van der Waals surface area contributed by atoms with Crippen LogP contribution in [0.3, 0.4) is 0 Å². The van der Waals surface area contributed by atoms with Crippen molar-refractivity contribution in [2.75, 3.05) is 5.73 Å². The Morgan fingerprint density at radius 3 is 2.73 bits per heavy atom. The summed E-state index contributed by atoms with van der Waals surface area (Å²) in [5.74, 6) is 1.09. The molecule has 2 aromatic carbocycles. The van der Waals surface area contributed by atoms with Gasteiger partial charge in [0.1, 0.15) is 18.0 Å². The van der Waals surface area contributed by atoms with Gasteiger partial charge in [0.15, 0.2) is 5.75 Å². The van der Waals surface area contributed by atoms with E-state index < -0.39 is 0 Å². The van der Waals surface area contributed by atoms with Crippen LogP contribution in [0.25, 0.3) is 10.1 Å². The van der Waals surface area contributed by atoms with E-state index in [9.17, 15) is 4.39 Å². The molecule has 1 aliphatic rings. The molecule has 1 aliphatic heterocycles. The number of nitrogens with two attached hydrogens (primary N) is 1. The second kappa shape index (κ2) is 5.75. The van der Waals surface area contributed by atoms with E-state index in [4.69, 9.17) is 10.5 Å². The van der Waals surface area contributed by atoms with Gasteiger partial charge in [-0.15, -0.1) is 11.3 Å². The average molecular weight is 428 g/mol. The molecule has 3 heterocycles. The molecule has 7 heteroatoms. The van der Waals surface area contributed by atoms with Crippen molar-refractivity contribution in [1.82, 2.24) is 9.97 Å². The van der Waals surface area contributed by atoms with Crippen molar-refractivity contribution in [1.29, 1.82) is 0 Å². The van der Waals surface area contributed by atoms with Gasteiger partial charge < -0.3 is 10.5 Å². The van der Waals surface area contributed by atoms with Crippen LogP contribution in [0.2, 0.25) is 0 Å². The van der Waals surface area contributed by atoms with Gasteiger partial charge in [0.2, 0.25) is 5.88 Å². The molecule has 0 saturated carbocycles. The van der Waals surface area contributed by atoms with Gasteiger partial charge in [-0.2, -0.15) is 0 Å². The standard InChI is InChI=1S/C19H11BrFN3OS/c20-12-3-1-2-11-15-17(26-16(11)12)13(9-4-6-10(21)7-5-9)14-18(22)23-8-24-19(14)25-15/h1-8,13H,(H2,22,23,24). The first-order chi connectivity index (χ1) is 12.6. The van der Waals surface area contributed by atoms with Crippen LogP contribution in [0.4, 0.5) is 10.2 Å². The maximum absolute atomic E-state index is 13.5. The molecule has 26 heavy (non-hydrogen) atoms. The zero-order valence-corrected chi connectivity index (χ0v) is 15.6. The number of thiophene rings is 1. The van der Waals surface area contributed by atoms with Crippen molar-refractivity contribution in [3.05, 3.63) is 75.1 Å². The third-order valence-corrected chi connectivity index (χ3v) is 6.69. The summed E-state index contributed by atoms with van der Waals surface area (Å²) in [7, 11) is 0. The summed E-state index contributed by atoms with van der Waals surface area (Å²) < 4.78 is 21.7. The molecule has 128 valence electrons. The van der Waals surface area contributed by atoms with E-state index in [0.29, 0.717) is 17.3 Å². The molecule has 5 rings (SSSR count). The lowest BCUT2D eigenvalue weighted by molar-refractivity contribution is 0.441. The van der Waals surface area contributed by atoms with Crippen LogP contribution >= 0.6 is 27.3 Å². The second-order valence-corrected chi connectivity index (χ2v) is 7.88. The first-order valence-corrected chi connectivity index (χ1v) is 9.49. The predicted molar refractivity (Wildman–Crippen MR) is 103 cm³/mol. The third kappa shape index (κ3) is 2.24. The van der Waals surface area contributed by atoms with E-state index in [1.807, 2.05) is 18.2 Å². The molecule has 0 amide bonds. The van der Waals surface area contributed by atoms with Gasteiger partial charge in [0.25, 0.3) is 0 Å². The van der Waals surface area contributed by atoms with Crippen molar-refractivity contribution < 1.29 is 9.13 Å². The van der Waals surface area contributed by atoms with Gasteiger partial charge >= 0.3 is 0 Å². The molecule has 0 bridgehead atoms. The molecule has 2 N–H and O–H groups in total. The number of anilines is 1. The van der Waals surface area contributed by atoms with Crippen molar-refractivity contribution in [3.8, 4) is 11.6 Å². The fourth-order valence-corrected chi connectivity index (χ4v) is 5.20. The molecule has 1 atom stereocenters. The normalized spacial score (nSPS) is 15.4. The summed E-state index contributed by atoms with van der Waals surface area (Å²) in [6, 6.07) is 12.4. The van der Waals surface area contributed by atoms with E-state index in [0.717, 1.165) is 30.7 Å². The summed E-state index contributed by atoms with van der Waals surface area (Å²) in [5, 5.41) is 1.01. The van der Waals surface area contributed by atoms with Gasteiger partial charge in [-0.25, -0.2) is 14.4 Å². The fourth-order valence-electron chi connectivity index (χ4n) is 3.32. The first kappa shape index (κ1) is 15.7. The van der Waals surface area contributed by atoms with E-state index >= 15 is 0 Å². The Morgan fingerprint density at radius 2 is 1.92 bits per heavy atom. The highest BCUT2D eigenvalue weighted by Gasteiger charge is 2.35. The zero-order valence-electron chi connectivity index (χ0n) is 13.2. The smallest absolute Gasteiger partial charge is 0.228 e. The number of rotatable bonds is 1. The molecule has 2 aromatic heterocycles. The topological polar surface area (TPSA) is 61.0 Å². The zero-order chi connectivity index (χ0) is 17.8. The fraction of sp³-hybridized carbons (Fsp3) is 0.0526. The van der Waals surface area contributed by atoms with Gasteiger partial charge in [0, 0.05) is 9.86 Å². The molecule has 1 unspecified atom stereocenters. The van der Waals surface area contributed by atoms with Gasteiger partial charge in [0.05, 0.1) is 21.1 Å². The Morgan fingerprint density at radius 1 is 1.12 bits per heavy atom. The largest absolute Gasteiger partial charge is 0.437 e. The number of ether oxygens (including phenoxy) is 1. The Labute approximate surface area is 160 Å². The Bertz CT molecular complexity index is 1160. The van der Waals surface area contributed by atoms with E-state index in [2.05, 4.69) is 25.9 Å². The summed E-state index contributed by atoms with van der Waals surface area (Å²) in [6.07, 6.45) is 1.39. The summed E-state index contributed by atoms with van der Waals surface area (Å²) in [6.45, 7) is 0. The Hall–Kier alpha value is -2.51. The van der Waals surface area contributed by atoms with Crippen LogP contribution in [0.5, 0.6) is 11.6 Å². The number of halogens is 2. The maximum Gasteiger partial charge on any atom is 0.228 e. The molecule has 0 saturated heterocycles. The number of benzene rings is 2. The van der Waals surface area contributed by atoms with Crippen molar-refractivity contribution >= 4 is 43.2 Å². The number of fused-ring (bicyclic) bond motifs is 4. The molecule has 0 spiro atoms. The number of hydrogen-bond donors (Lipinski definition) is 1. The molecule has 0 aliphatic carbocycles. The highest BCUT2D eigenvalue weighted by molar-refractivity contribution is 9.10. The van der Waals surface area contributed by atoms with Gasteiger partial charge in [-0.3, -0.25) is 0 Å². The Balaban J connectivity index is 1.85. The summed E-state index contributed by atoms with van der Waals surface area (Å²) >= 11 is 5.24. The second-order valence-electron chi connectivity index (χ2n) is 5.98. The van der Waals surface area contributed by atoms with Crippen molar-refractivity contribution in [3.63, 3.8) is 0 Å². The van der Waals surface area contributed by atoms with E-state index in [1.165, 1.54) is 18.5 Å². The average Bonchev–Trinajstić information content (AvgIpc) is 3.01. The van der Waals surface area contributed by atoms with Crippen LogP contribution in [-0.2, 0) is 0 Å². The summed E-state index contributed by atoms with van der Waals surface area (Å²) in [4.78, 5) is 9.43. The van der Waals surface area contributed by atoms with Gasteiger partial charge in [-0.05, 0) is 45.8 Å². The summed E-state index contributed by atoms with van der Waals surface area (Å²) in [5.41, 5.74) is 7.81. The molecule has 4 nitrogen and oxygen atoms in total. The molecule has 0 radical (unpaired) electrons. The Kier molecular flexibility index (Phi) is 3.48. The quantitative estimate of drug-likeness (QED) is 0.385. The molecular formula is C19H11BrFN3OS. The van der Waals surface area contributed by atoms with Crippen LogP contribution in [0.1, 0.15) is 21.9 Å². The van der Waals surface area contributed by atoms with Crippen LogP contribution in [-0.4, -0.2) is 9.97 Å². The highest BCUT2D eigenvalue weighted by Crippen LogP contribution is 2.55. The predicted octanol–water partition coefficient (Wildman–Crippen LogP) is 5.46. The van der Waals surface area contributed by atoms with E-state index in [1.54, 1.807) is 23.5 Å². The number of aromatic nitrogens is 2. The monoisotopic (exact) mass is 427 g/mol. The lowest BCUT2D eigenvalue weighted by atomic mass is 9.88. The number of nitrogens with zero attached hydrogens (tertiary/aromatic N) is 2. The number of hydrogen-bond acceptors (Lipinski definition) is 5. The minimum Gasteiger partial charge on any atom is -0.437 e. The SMILES string of the molecule is Nc1ncnc2c1C(c1ccc(F)cc1)c1sc3c(Br)cccc3c1O2.